The van der Waals surface area contributed by atoms with E-state index in [2.05, 4.69) is 18.9 Å². The Hall–Kier alpha value is -1.55. The second kappa shape index (κ2) is 7.46. The van der Waals surface area contributed by atoms with Crippen LogP contribution in [0.15, 0.2) is 22.6 Å². The Labute approximate surface area is 126 Å². The fraction of sp³-hybridized carbons (Fsp3) is 0.588. The summed E-state index contributed by atoms with van der Waals surface area (Å²) in [4.78, 5) is 13.4. The van der Waals surface area contributed by atoms with Crippen molar-refractivity contribution in [2.45, 2.75) is 52.0 Å². The molecule has 1 aliphatic heterocycles. The topological polar surface area (TPSA) is 42.7 Å². The van der Waals surface area contributed by atoms with Crippen LogP contribution in [0.5, 0.6) is 5.75 Å². The van der Waals surface area contributed by atoms with Gasteiger partial charge in [0.05, 0.1) is 0 Å². The van der Waals surface area contributed by atoms with Gasteiger partial charge in [-0.1, -0.05) is 20.3 Å². The van der Waals surface area contributed by atoms with Gasteiger partial charge in [0.15, 0.2) is 11.3 Å². The van der Waals surface area contributed by atoms with Crippen molar-refractivity contribution in [3.05, 3.63) is 18.2 Å². The van der Waals surface area contributed by atoms with Crippen LogP contribution in [0.2, 0.25) is 0 Å². The first kappa shape index (κ1) is 15.8. The summed E-state index contributed by atoms with van der Waals surface area (Å²) in [7, 11) is 2.24. The van der Waals surface area contributed by atoms with E-state index in [1.165, 1.54) is 32.2 Å². The number of furan rings is 2. The number of fused-ring (bicyclic) bond motifs is 2. The molecule has 21 heavy (non-hydrogen) atoms. The standard InChI is InChI=1S/C9H8O3.C8H17N/c1-2-9(10)12-8-5-6-3-4-7(8)11-6;1-3-8-6-4-5-7-9(8)2/h3-5H,2H2,1H3;8H,3-7H2,1-2H3. The van der Waals surface area contributed by atoms with E-state index in [-0.39, 0.29) is 5.97 Å². The molecule has 2 bridgehead atoms. The minimum absolute atomic E-state index is 0.237. The van der Waals surface area contributed by atoms with Gasteiger partial charge in [-0.15, -0.1) is 0 Å². The quantitative estimate of drug-likeness (QED) is 0.631. The van der Waals surface area contributed by atoms with Crippen molar-refractivity contribution in [1.82, 2.24) is 4.90 Å². The first-order valence-electron chi connectivity index (χ1n) is 7.86. The smallest absolute Gasteiger partial charge is 0.311 e. The zero-order chi connectivity index (χ0) is 15.2. The lowest BCUT2D eigenvalue weighted by molar-refractivity contribution is -0.133. The van der Waals surface area contributed by atoms with Crippen LogP contribution in [0.25, 0.3) is 11.2 Å². The second-order valence-corrected chi connectivity index (χ2v) is 5.58. The van der Waals surface area contributed by atoms with Crippen molar-refractivity contribution in [1.29, 1.82) is 0 Å². The molecule has 4 nitrogen and oxygen atoms in total. The summed E-state index contributed by atoms with van der Waals surface area (Å²) in [6, 6.07) is 6.22. The highest BCUT2D eigenvalue weighted by Crippen LogP contribution is 2.28. The number of likely N-dealkylation sites (tertiary alicyclic amines) is 1. The summed E-state index contributed by atoms with van der Waals surface area (Å²) in [5.74, 6) is 0.290. The molecule has 1 atom stereocenters. The molecule has 2 aromatic heterocycles. The van der Waals surface area contributed by atoms with Crippen molar-refractivity contribution in [2.24, 2.45) is 0 Å². The van der Waals surface area contributed by atoms with Gasteiger partial charge >= 0.3 is 5.97 Å². The van der Waals surface area contributed by atoms with Crippen LogP contribution in [0.4, 0.5) is 0 Å². The van der Waals surface area contributed by atoms with Crippen LogP contribution in [0.1, 0.15) is 46.0 Å². The van der Waals surface area contributed by atoms with Gasteiger partial charge in [-0.05, 0) is 45.0 Å². The Balaban J connectivity index is 0.000000161. The number of carbonyl (C=O) groups excluding carboxylic acids is 1. The zero-order valence-electron chi connectivity index (χ0n) is 13.2. The number of rotatable bonds is 3. The maximum Gasteiger partial charge on any atom is 0.311 e. The van der Waals surface area contributed by atoms with Gasteiger partial charge in [-0.2, -0.15) is 0 Å². The van der Waals surface area contributed by atoms with E-state index in [1.54, 1.807) is 19.1 Å². The lowest BCUT2D eigenvalue weighted by Crippen LogP contribution is -2.35. The molecule has 0 amide bonds. The Kier molecular flexibility index (Phi) is 5.62. The van der Waals surface area contributed by atoms with Crippen molar-refractivity contribution in [2.75, 3.05) is 13.6 Å². The number of hydrogen-bond acceptors (Lipinski definition) is 4. The van der Waals surface area contributed by atoms with E-state index in [4.69, 9.17) is 9.15 Å². The minimum atomic E-state index is -0.237. The summed E-state index contributed by atoms with van der Waals surface area (Å²) in [6.45, 7) is 5.36. The molecule has 3 rings (SSSR count). The molecule has 1 fully saturated rings. The summed E-state index contributed by atoms with van der Waals surface area (Å²) >= 11 is 0. The van der Waals surface area contributed by atoms with Gasteiger partial charge in [-0.3, -0.25) is 4.79 Å². The minimum Gasteiger partial charge on any atom is -0.453 e. The Bertz CT molecular complexity index is 548. The fourth-order valence-corrected chi connectivity index (χ4v) is 2.70. The molecule has 0 spiro atoms. The van der Waals surface area contributed by atoms with Gasteiger partial charge in [0, 0.05) is 18.5 Å². The Morgan fingerprint density at radius 3 is 2.67 bits per heavy atom. The summed E-state index contributed by atoms with van der Waals surface area (Å²) in [5, 5.41) is 0. The highest BCUT2D eigenvalue weighted by atomic mass is 16.5. The van der Waals surface area contributed by atoms with Crippen LogP contribution < -0.4 is 4.74 Å². The Morgan fingerprint density at radius 2 is 2.19 bits per heavy atom. The van der Waals surface area contributed by atoms with Gasteiger partial charge < -0.3 is 14.1 Å². The fourth-order valence-electron chi connectivity index (χ4n) is 2.70. The normalized spacial score (nSPS) is 19.3. The van der Waals surface area contributed by atoms with Crippen LogP contribution in [-0.2, 0) is 4.79 Å². The van der Waals surface area contributed by atoms with Crippen molar-refractivity contribution >= 4 is 17.1 Å². The molecule has 116 valence electrons. The van der Waals surface area contributed by atoms with Crippen molar-refractivity contribution in [3.63, 3.8) is 0 Å². The number of piperidine rings is 1. The molecule has 2 aromatic rings. The zero-order valence-corrected chi connectivity index (χ0v) is 13.2. The molecule has 3 heterocycles. The average Bonchev–Trinajstić information content (AvgIpc) is 3.11. The van der Waals surface area contributed by atoms with E-state index in [0.29, 0.717) is 17.8 Å². The maximum atomic E-state index is 10.9. The molecular weight excluding hydrogens is 266 g/mol. The lowest BCUT2D eigenvalue weighted by Gasteiger charge is -2.31. The Morgan fingerprint density at radius 1 is 1.38 bits per heavy atom. The summed E-state index contributed by atoms with van der Waals surface area (Å²) in [5.41, 5.74) is 1.37. The first-order valence-corrected chi connectivity index (χ1v) is 7.86. The van der Waals surface area contributed by atoms with Crippen LogP contribution in [0, 0.1) is 0 Å². The average molecular weight is 291 g/mol. The third-order valence-corrected chi connectivity index (χ3v) is 4.05. The van der Waals surface area contributed by atoms with E-state index < -0.39 is 0 Å². The predicted octanol–water partition coefficient (Wildman–Crippen LogP) is 4.07. The number of hydrogen-bond donors (Lipinski definition) is 0. The molecular formula is C17H25NO3. The SMILES string of the molecule is CCC(=O)Oc1cc2ccc1o2.CCC1CCCCN1C. The molecule has 1 unspecified atom stereocenters. The maximum absolute atomic E-state index is 10.9. The summed E-state index contributed by atoms with van der Waals surface area (Å²) in [6.07, 6.45) is 5.99. The molecule has 0 aromatic carbocycles. The van der Waals surface area contributed by atoms with E-state index in [9.17, 15) is 4.79 Å². The lowest BCUT2D eigenvalue weighted by atomic mass is 10.0. The van der Waals surface area contributed by atoms with Gasteiger partial charge in [-0.25, -0.2) is 0 Å². The number of nitrogens with zero attached hydrogens (tertiary/aromatic N) is 1. The van der Waals surface area contributed by atoms with Crippen molar-refractivity contribution in [3.8, 4) is 5.75 Å². The third-order valence-electron chi connectivity index (χ3n) is 4.05. The third kappa shape index (κ3) is 4.21. The number of esters is 1. The molecule has 0 saturated carbocycles. The highest BCUT2D eigenvalue weighted by Gasteiger charge is 2.15. The number of benzene rings is 1. The van der Waals surface area contributed by atoms with Gasteiger partial charge in [0.1, 0.15) is 5.58 Å². The van der Waals surface area contributed by atoms with E-state index in [0.717, 1.165) is 11.6 Å². The number of ether oxygens (including phenoxy) is 1. The van der Waals surface area contributed by atoms with E-state index >= 15 is 0 Å². The molecule has 1 saturated heterocycles. The first-order chi connectivity index (χ1) is 10.1. The monoisotopic (exact) mass is 291 g/mol. The molecule has 1 aliphatic rings. The molecule has 0 aliphatic carbocycles. The predicted molar refractivity (Wildman–Crippen MR) is 83.9 cm³/mol. The second-order valence-electron chi connectivity index (χ2n) is 5.58. The number of carbonyl (C=O) groups is 1. The summed E-state index contributed by atoms with van der Waals surface area (Å²) < 4.78 is 10.2. The molecule has 0 radical (unpaired) electrons. The van der Waals surface area contributed by atoms with Gasteiger partial charge in [0.25, 0.3) is 0 Å². The highest BCUT2D eigenvalue weighted by molar-refractivity contribution is 5.78. The van der Waals surface area contributed by atoms with Crippen molar-refractivity contribution < 1.29 is 13.9 Å². The largest absolute Gasteiger partial charge is 0.453 e. The molecule has 0 N–H and O–H groups in total. The van der Waals surface area contributed by atoms with Crippen LogP contribution >= 0.6 is 0 Å². The van der Waals surface area contributed by atoms with Crippen LogP contribution in [0.3, 0.4) is 0 Å². The van der Waals surface area contributed by atoms with E-state index in [1.807, 2.05) is 6.07 Å². The molecule has 4 heteroatoms. The van der Waals surface area contributed by atoms with Gasteiger partial charge in [0.2, 0.25) is 0 Å². The van der Waals surface area contributed by atoms with Crippen LogP contribution in [-0.4, -0.2) is 30.5 Å².